The summed E-state index contributed by atoms with van der Waals surface area (Å²) in [6.45, 7) is 9.11. The van der Waals surface area contributed by atoms with Gasteiger partial charge in [-0.1, -0.05) is 45.9 Å². The van der Waals surface area contributed by atoms with Crippen LogP contribution in [0.1, 0.15) is 69.6 Å². The van der Waals surface area contributed by atoms with Crippen LogP contribution in [0.5, 0.6) is 0 Å². The van der Waals surface area contributed by atoms with Crippen molar-refractivity contribution in [3.63, 3.8) is 0 Å². The zero-order chi connectivity index (χ0) is 16.1. The molecule has 3 rings (SSSR count). The Morgan fingerprint density at radius 1 is 1.23 bits per heavy atom. The molecule has 2 nitrogen and oxygen atoms in total. The highest BCUT2D eigenvalue weighted by Gasteiger charge is 2.53. The van der Waals surface area contributed by atoms with Gasteiger partial charge in [0.1, 0.15) is 0 Å². The molecule has 0 aromatic heterocycles. The zero-order valence-corrected chi connectivity index (χ0v) is 14.4. The third-order valence-electron chi connectivity index (χ3n) is 6.45. The second kappa shape index (κ2) is 5.35. The van der Waals surface area contributed by atoms with Crippen molar-refractivity contribution in [3.05, 3.63) is 34.9 Å². The number of fused-ring (bicyclic) bond motifs is 3. The van der Waals surface area contributed by atoms with E-state index in [4.69, 9.17) is 0 Å². The largest absolute Gasteiger partial charge is 0.396 e. The molecule has 0 saturated heterocycles. The normalized spacial score (nSPS) is 37.8. The average molecular weight is 302 g/mol. The maximum atomic E-state index is 10.4. The highest BCUT2D eigenvalue weighted by molar-refractivity contribution is 5.42. The van der Waals surface area contributed by atoms with Crippen LogP contribution in [-0.4, -0.2) is 22.9 Å². The first-order chi connectivity index (χ1) is 10.3. The van der Waals surface area contributed by atoms with Gasteiger partial charge >= 0.3 is 0 Å². The van der Waals surface area contributed by atoms with Crippen LogP contribution in [0.4, 0.5) is 0 Å². The van der Waals surface area contributed by atoms with E-state index in [2.05, 4.69) is 45.9 Å². The van der Waals surface area contributed by atoms with Crippen LogP contribution in [-0.2, 0) is 11.8 Å². The molecule has 2 heteroatoms. The second-order valence-corrected chi connectivity index (χ2v) is 8.45. The molecule has 0 unspecified atom stereocenters. The van der Waals surface area contributed by atoms with Crippen LogP contribution in [0, 0.1) is 11.3 Å². The highest BCUT2D eigenvalue weighted by atomic mass is 16.3. The van der Waals surface area contributed by atoms with Gasteiger partial charge in [0.25, 0.3) is 0 Å². The number of hydrogen-bond acceptors (Lipinski definition) is 2. The predicted molar refractivity (Wildman–Crippen MR) is 90.1 cm³/mol. The number of aryl methyl sites for hydroxylation is 1. The topological polar surface area (TPSA) is 40.5 Å². The molecular formula is C20H30O2. The number of rotatable bonds is 2. The van der Waals surface area contributed by atoms with Crippen LogP contribution >= 0.6 is 0 Å². The zero-order valence-electron chi connectivity index (χ0n) is 14.4. The summed E-state index contributed by atoms with van der Waals surface area (Å²) in [6, 6.07) is 6.93. The van der Waals surface area contributed by atoms with E-state index in [-0.39, 0.29) is 23.5 Å². The van der Waals surface area contributed by atoms with Gasteiger partial charge in [0.05, 0.1) is 6.10 Å². The van der Waals surface area contributed by atoms with Gasteiger partial charge in [-0.3, -0.25) is 0 Å². The van der Waals surface area contributed by atoms with Crippen molar-refractivity contribution in [2.75, 3.05) is 6.61 Å². The van der Waals surface area contributed by atoms with Gasteiger partial charge in [0.15, 0.2) is 0 Å². The van der Waals surface area contributed by atoms with E-state index in [0.717, 1.165) is 25.7 Å². The molecule has 0 spiro atoms. The van der Waals surface area contributed by atoms with Crippen LogP contribution in [0.2, 0.25) is 0 Å². The molecule has 22 heavy (non-hydrogen) atoms. The molecule has 2 aliphatic rings. The summed E-state index contributed by atoms with van der Waals surface area (Å²) in [5, 5.41) is 20.4. The van der Waals surface area contributed by atoms with Gasteiger partial charge in [-0.15, -0.1) is 0 Å². The van der Waals surface area contributed by atoms with Crippen LogP contribution in [0.25, 0.3) is 0 Å². The molecule has 1 aromatic rings. The molecule has 0 heterocycles. The van der Waals surface area contributed by atoms with Crippen LogP contribution in [0.3, 0.4) is 0 Å². The molecule has 0 radical (unpaired) electrons. The first-order valence-corrected chi connectivity index (χ1v) is 8.72. The van der Waals surface area contributed by atoms with Gasteiger partial charge in [-0.2, -0.15) is 0 Å². The Morgan fingerprint density at radius 2 is 1.95 bits per heavy atom. The molecule has 1 fully saturated rings. The van der Waals surface area contributed by atoms with Gasteiger partial charge in [0, 0.05) is 6.61 Å². The SMILES string of the molecule is CC(C)c1ccc2c(c1)CC[C@H]1[C@@](C)(CO)C[C@H](O)C[C@]21C. The summed E-state index contributed by atoms with van der Waals surface area (Å²) in [5.41, 5.74) is 4.09. The minimum absolute atomic E-state index is 0.0156. The summed E-state index contributed by atoms with van der Waals surface area (Å²) >= 11 is 0. The smallest absolute Gasteiger partial charge is 0.0554 e. The fourth-order valence-corrected chi connectivity index (χ4v) is 5.33. The third kappa shape index (κ3) is 2.32. The molecule has 2 N–H and O–H groups in total. The van der Waals surface area contributed by atoms with Crippen molar-refractivity contribution >= 4 is 0 Å². The minimum Gasteiger partial charge on any atom is -0.396 e. The Hall–Kier alpha value is -0.860. The summed E-state index contributed by atoms with van der Waals surface area (Å²) in [4.78, 5) is 0. The molecule has 122 valence electrons. The molecule has 0 amide bonds. The van der Waals surface area contributed by atoms with Crippen LogP contribution < -0.4 is 0 Å². The lowest BCUT2D eigenvalue weighted by molar-refractivity contribution is -0.0734. The predicted octanol–water partition coefficient (Wildman–Crippen LogP) is 3.78. The van der Waals surface area contributed by atoms with Crippen molar-refractivity contribution in [2.45, 2.75) is 70.8 Å². The van der Waals surface area contributed by atoms with Crippen molar-refractivity contribution in [3.8, 4) is 0 Å². The number of aliphatic hydroxyl groups is 2. The van der Waals surface area contributed by atoms with Crippen molar-refractivity contribution in [2.24, 2.45) is 11.3 Å². The molecule has 1 saturated carbocycles. The Labute approximate surface area is 134 Å². The van der Waals surface area contributed by atoms with Crippen molar-refractivity contribution in [1.82, 2.24) is 0 Å². The van der Waals surface area contributed by atoms with Gasteiger partial charge in [-0.25, -0.2) is 0 Å². The van der Waals surface area contributed by atoms with E-state index in [1.54, 1.807) is 0 Å². The molecule has 1 aromatic carbocycles. The average Bonchev–Trinajstić information content (AvgIpc) is 2.45. The van der Waals surface area contributed by atoms with Gasteiger partial charge < -0.3 is 10.2 Å². The van der Waals surface area contributed by atoms with Crippen LogP contribution in [0.15, 0.2) is 18.2 Å². The fraction of sp³-hybridized carbons (Fsp3) is 0.700. The lowest BCUT2D eigenvalue weighted by Gasteiger charge is -2.56. The maximum absolute atomic E-state index is 10.4. The first-order valence-electron chi connectivity index (χ1n) is 8.72. The molecule has 4 atom stereocenters. The third-order valence-corrected chi connectivity index (χ3v) is 6.45. The quantitative estimate of drug-likeness (QED) is 0.873. The van der Waals surface area contributed by atoms with E-state index < -0.39 is 0 Å². The Morgan fingerprint density at radius 3 is 2.59 bits per heavy atom. The Bertz CT molecular complexity index is 565. The monoisotopic (exact) mass is 302 g/mol. The van der Waals surface area contributed by atoms with E-state index >= 15 is 0 Å². The fourth-order valence-electron chi connectivity index (χ4n) is 5.33. The maximum Gasteiger partial charge on any atom is 0.0554 e. The highest BCUT2D eigenvalue weighted by Crippen LogP contribution is 2.57. The summed E-state index contributed by atoms with van der Waals surface area (Å²) in [5.74, 6) is 1.00. The lowest BCUT2D eigenvalue weighted by Crippen LogP contribution is -2.54. The second-order valence-electron chi connectivity index (χ2n) is 8.45. The van der Waals surface area contributed by atoms with Gasteiger partial charge in [0.2, 0.25) is 0 Å². The van der Waals surface area contributed by atoms with E-state index in [9.17, 15) is 10.2 Å². The Balaban J connectivity index is 2.08. The number of hydrogen-bond donors (Lipinski definition) is 2. The van der Waals surface area contributed by atoms with E-state index in [0.29, 0.717) is 11.8 Å². The van der Waals surface area contributed by atoms with Crippen molar-refractivity contribution in [1.29, 1.82) is 0 Å². The molecule has 0 bridgehead atoms. The van der Waals surface area contributed by atoms with E-state index in [1.165, 1.54) is 16.7 Å². The summed E-state index contributed by atoms with van der Waals surface area (Å²) in [6.07, 6.45) is 3.45. The number of benzene rings is 1. The summed E-state index contributed by atoms with van der Waals surface area (Å²) < 4.78 is 0. The standard InChI is InChI=1S/C20H30O2/c1-13(2)14-5-7-17-15(9-14)6-8-18-19(3,12-21)10-16(22)11-20(17,18)4/h5,7,9,13,16,18,21-22H,6,8,10-12H2,1-4H3/t16-,18-,19+,20+/m0/s1. The minimum atomic E-state index is -0.311. The number of aliphatic hydroxyl groups excluding tert-OH is 2. The van der Waals surface area contributed by atoms with Gasteiger partial charge in [-0.05, 0) is 65.0 Å². The molecule has 2 aliphatic carbocycles. The molecule has 0 aliphatic heterocycles. The summed E-state index contributed by atoms with van der Waals surface area (Å²) in [7, 11) is 0. The lowest BCUT2D eigenvalue weighted by atomic mass is 9.49. The Kier molecular flexibility index (Phi) is 3.89. The van der Waals surface area contributed by atoms with E-state index in [1.807, 2.05) is 0 Å². The molecular weight excluding hydrogens is 272 g/mol. The van der Waals surface area contributed by atoms with Crippen molar-refractivity contribution < 1.29 is 10.2 Å². The first kappa shape index (κ1) is 16.0.